The van der Waals surface area contributed by atoms with Crippen LogP contribution >= 0.6 is 0 Å². The number of anilines is 3. The predicted molar refractivity (Wildman–Crippen MR) is 276 cm³/mol. The molecule has 0 saturated heterocycles. The Bertz CT molecular complexity index is 3830. The summed E-state index contributed by atoms with van der Waals surface area (Å²) in [5.74, 6) is 0. The number of hydrogen-bond donors (Lipinski definition) is 0. The van der Waals surface area contributed by atoms with E-state index in [4.69, 9.17) is 0 Å². The lowest BCUT2D eigenvalue weighted by Gasteiger charge is -2.26. The number of fused-ring (bicyclic) bond motifs is 9. The van der Waals surface area contributed by atoms with Crippen molar-refractivity contribution in [1.29, 1.82) is 0 Å². The summed E-state index contributed by atoms with van der Waals surface area (Å²) < 4.78 is 4.93. The Labute approximate surface area is 376 Å². The first-order chi connectivity index (χ1) is 32.2. The van der Waals surface area contributed by atoms with Crippen molar-refractivity contribution in [1.82, 2.24) is 9.13 Å². The van der Waals surface area contributed by atoms with Crippen molar-refractivity contribution in [2.45, 2.75) is 0 Å². The van der Waals surface area contributed by atoms with Gasteiger partial charge in [0.15, 0.2) is 0 Å². The van der Waals surface area contributed by atoms with Gasteiger partial charge >= 0.3 is 0 Å². The highest BCUT2D eigenvalue weighted by atomic mass is 15.1. The molecule has 0 fully saturated rings. The first-order valence-corrected chi connectivity index (χ1v) is 22.3. The highest BCUT2D eigenvalue weighted by Gasteiger charge is 2.21. The third kappa shape index (κ3) is 6.12. The summed E-state index contributed by atoms with van der Waals surface area (Å²) in [6.45, 7) is 0. The summed E-state index contributed by atoms with van der Waals surface area (Å²) in [5, 5.41) is 9.82. The Balaban J connectivity index is 0.966. The van der Waals surface area contributed by atoms with Gasteiger partial charge in [0.1, 0.15) is 0 Å². The molecular formula is C62H41N3. The molecule has 13 rings (SSSR count). The summed E-state index contributed by atoms with van der Waals surface area (Å²) in [4.78, 5) is 2.37. The molecule has 0 aliphatic heterocycles. The molecule has 0 aliphatic rings. The van der Waals surface area contributed by atoms with E-state index < -0.39 is 0 Å². The Hall–Kier alpha value is -8.66. The SMILES string of the molecule is c1ccc(-c2ccc(N(c3ccc(-c4ccccc4)cc3)c3ccc4cc(-n5c6ccccc6c6ccc7c(c8ccccc8n7-c7ccc8ccccc8c7)c65)ccc4c3)cc2)cc1. The van der Waals surface area contributed by atoms with Gasteiger partial charge in [0.25, 0.3) is 0 Å². The van der Waals surface area contributed by atoms with Crippen molar-refractivity contribution >= 4 is 82.2 Å². The molecule has 0 spiro atoms. The van der Waals surface area contributed by atoms with Gasteiger partial charge in [-0.15, -0.1) is 0 Å². The van der Waals surface area contributed by atoms with Crippen molar-refractivity contribution < 1.29 is 0 Å². The van der Waals surface area contributed by atoms with Crippen LogP contribution in [0.25, 0.3) is 98.8 Å². The molecule has 0 N–H and O–H groups in total. The molecule has 3 nitrogen and oxygen atoms in total. The van der Waals surface area contributed by atoms with Crippen LogP contribution in [-0.4, -0.2) is 9.13 Å². The van der Waals surface area contributed by atoms with Crippen molar-refractivity contribution in [2.24, 2.45) is 0 Å². The zero-order chi connectivity index (χ0) is 42.8. The van der Waals surface area contributed by atoms with E-state index in [1.165, 1.54) is 87.4 Å². The average molecular weight is 828 g/mol. The van der Waals surface area contributed by atoms with Crippen molar-refractivity contribution in [3.63, 3.8) is 0 Å². The molecule has 304 valence electrons. The summed E-state index contributed by atoms with van der Waals surface area (Å²) in [7, 11) is 0. The van der Waals surface area contributed by atoms with E-state index in [-0.39, 0.29) is 0 Å². The average Bonchev–Trinajstić information content (AvgIpc) is 3.90. The second-order valence-corrected chi connectivity index (χ2v) is 17.0. The molecule has 0 bridgehead atoms. The molecule has 65 heavy (non-hydrogen) atoms. The van der Waals surface area contributed by atoms with Gasteiger partial charge in [0.05, 0.1) is 22.1 Å². The zero-order valence-electron chi connectivity index (χ0n) is 35.5. The normalized spacial score (nSPS) is 11.7. The lowest BCUT2D eigenvalue weighted by atomic mass is 10.0. The first kappa shape index (κ1) is 36.9. The van der Waals surface area contributed by atoms with Gasteiger partial charge in [-0.3, -0.25) is 0 Å². The molecule has 3 heteroatoms. The Morgan fingerprint density at radius 1 is 0.262 bits per heavy atom. The molecule has 0 aliphatic carbocycles. The van der Waals surface area contributed by atoms with Gasteiger partial charge in [-0.25, -0.2) is 0 Å². The Kier molecular flexibility index (Phi) is 8.53. The van der Waals surface area contributed by atoms with Crippen LogP contribution in [0.3, 0.4) is 0 Å². The lowest BCUT2D eigenvalue weighted by Crippen LogP contribution is -2.09. The van der Waals surface area contributed by atoms with Crippen LogP contribution in [0.1, 0.15) is 0 Å². The van der Waals surface area contributed by atoms with E-state index >= 15 is 0 Å². The van der Waals surface area contributed by atoms with Gasteiger partial charge < -0.3 is 14.0 Å². The minimum absolute atomic E-state index is 1.10. The Morgan fingerprint density at radius 2 is 0.723 bits per heavy atom. The monoisotopic (exact) mass is 827 g/mol. The summed E-state index contributed by atoms with van der Waals surface area (Å²) in [6, 6.07) is 90.7. The quantitative estimate of drug-likeness (QED) is 0.156. The standard InChI is InChI=1S/C62H41N3/c1-3-13-42(14-4-1)45-23-30-50(31-24-45)63(51-32-25-46(26-33-51)43-15-5-2-6-16-43)52-35-28-49-41-54(36-29-48(49)40-52)65-58-21-11-9-19-55(58)56-37-38-60-61(62(56)65)57-20-10-12-22-59(57)64(60)53-34-27-44-17-7-8-18-47(44)39-53/h1-41H. The van der Waals surface area contributed by atoms with Crippen molar-refractivity contribution in [2.75, 3.05) is 4.90 Å². The number of hydrogen-bond acceptors (Lipinski definition) is 1. The third-order valence-corrected chi connectivity index (χ3v) is 13.3. The van der Waals surface area contributed by atoms with Crippen LogP contribution in [-0.2, 0) is 0 Å². The molecule has 13 aromatic rings. The fraction of sp³-hybridized carbons (Fsp3) is 0. The van der Waals surface area contributed by atoms with Gasteiger partial charge in [0, 0.05) is 50.0 Å². The van der Waals surface area contributed by atoms with E-state index in [1.807, 2.05) is 0 Å². The van der Waals surface area contributed by atoms with Gasteiger partial charge in [-0.2, -0.15) is 0 Å². The van der Waals surface area contributed by atoms with Crippen LogP contribution < -0.4 is 4.90 Å². The maximum Gasteiger partial charge on any atom is 0.0641 e. The molecule has 0 atom stereocenters. The fourth-order valence-electron chi connectivity index (χ4n) is 10.2. The minimum Gasteiger partial charge on any atom is -0.310 e. The number of nitrogens with zero attached hydrogens (tertiary/aromatic N) is 3. The highest BCUT2D eigenvalue weighted by molar-refractivity contribution is 6.26. The second kappa shape index (κ2) is 15.0. The van der Waals surface area contributed by atoms with Crippen LogP contribution in [0.4, 0.5) is 17.1 Å². The predicted octanol–water partition coefficient (Wildman–Crippen LogP) is 17.0. The highest BCUT2D eigenvalue weighted by Crippen LogP contribution is 2.43. The fourth-order valence-corrected chi connectivity index (χ4v) is 10.2. The lowest BCUT2D eigenvalue weighted by molar-refractivity contribution is 1.18. The smallest absolute Gasteiger partial charge is 0.0641 e. The van der Waals surface area contributed by atoms with Crippen LogP contribution in [0.15, 0.2) is 249 Å². The zero-order valence-corrected chi connectivity index (χ0v) is 35.5. The van der Waals surface area contributed by atoms with Crippen molar-refractivity contribution in [3.8, 4) is 33.6 Å². The third-order valence-electron chi connectivity index (χ3n) is 13.3. The van der Waals surface area contributed by atoms with Crippen LogP contribution in [0.2, 0.25) is 0 Å². The maximum atomic E-state index is 2.49. The summed E-state index contributed by atoms with van der Waals surface area (Å²) >= 11 is 0. The second-order valence-electron chi connectivity index (χ2n) is 17.0. The van der Waals surface area contributed by atoms with E-state index in [0.717, 1.165) is 28.4 Å². The number of aromatic nitrogens is 2. The molecule has 2 aromatic heterocycles. The largest absolute Gasteiger partial charge is 0.310 e. The van der Waals surface area contributed by atoms with Crippen LogP contribution in [0.5, 0.6) is 0 Å². The Morgan fingerprint density at radius 3 is 1.38 bits per heavy atom. The minimum atomic E-state index is 1.10. The maximum absolute atomic E-state index is 2.49. The molecule has 0 radical (unpaired) electrons. The van der Waals surface area contributed by atoms with Gasteiger partial charge in [0.2, 0.25) is 0 Å². The van der Waals surface area contributed by atoms with E-state index in [1.54, 1.807) is 0 Å². The summed E-state index contributed by atoms with van der Waals surface area (Å²) in [5.41, 5.74) is 15.2. The number of benzene rings is 11. The molecule has 11 aromatic carbocycles. The van der Waals surface area contributed by atoms with Crippen LogP contribution in [0, 0.1) is 0 Å². The van der Waals surface area contributed by atoms with Crippen molar-refractivity contribution in [3.05, 3.63) is 249 Å². The number of rotatable bonds is 7. The molecule has 0 amide bonds. The molecule has 0 saturated carbocycles. The van der Waals surface area contributed by atoms with Gasteiger partial charge in [-0.05, 0) is 123 Å². The molecule has 2 heterocycles. The number of para-hydroxylation sites is 2. The first-order valence-electron chi connectivity index (χ1n) is 22.3. The van der Waals surface area contributed by atoms with Gasteiger partial charge in [-0.1, -0.05) is 170 Å². The van der Waals surface area contributed by atoms with E-state index in [2.05, 4.69) is 263 Å². The van der Waals surface area contributed by atoms with E-state index in [0.29, 0.717) is 0 Å². The topological polar surface area (TPSA) is 13.1 Å². The molecular weight excluding hydrogens is 787 g/mol. The van der Waals surface area contributed by atoms with E-state index in [9.17, 15) is 0 Å². The molecule has 0 unspecified atom stereocenters. The summed E-state index contributed by atoms with van der Waals surface area (Å²) in [6.07, 6.45) is 0.